The van der Waals surface area contributed by atoms with Crippen LogP contribution < -0.4 is 4.74 Å². The van der Waals surface area contributed by atoms with Crippen LogP contribution in [0.5, 0.6) is 5.75 Å². The van der Waals surface area contributed by atoms with Crippen LogP contribution in [0.15, 0.2) is 18.2 Å². The molecule has 1 unspecified atom stereocenters. The summed E-state index contributed by atoms with van der Waals surface area (Å²) in [5.41, 5.74) is 0. The standard InChI is InChI=1S/C9H10Cl2O2/c1-6(5-12)13-7-2-3-8(10)9(11)4-7/h2-4,6,12H,5H2,1H3. The predicted molar refractivity (Wildman–Crippen MR) is 53.6 cm³/mol. The molecule has 0 aliphatic heterocycles. The lowest BCUT2D eigenvalue weighted by Gasteiger charge is -2.11. The number of aliphatic hydroxyl groups is 1. The van der Waals surface area contributed by atoms with Gasteiger partial charge in [-0.1, -0.05) is 23.2 Å². The third-order valence-corrected chi connectivity index (χ3v) is 2.22. The fourth-order valence-corrected chi connectivity index (χ4v) is 1.11. The predicted octanol–water partition coefficient (Wildman–Crippen LogP) is 2.75. The van der Waals surface area contributed by atoms with E-state index in [0.29, 0.717) is 15.8 Å². The quantitative estimate of drug-likeness (QED) is 0.850. The van der Waals surface area contributed by atoms with Gasteiger partial charge in [0.05, 0.1) is 16.7 Å². The Morgan fingerprint density at radius 2 is 2.08 bits per heavy atom. The van der Waals surface area contributed by atoms with Crippen LogP contribution in [-0.4, -0.2) is 17.8 Å². The molecular weight excluding hydrogens is 211 g/mol. The van der Waals surface area contributed by atoms with Crippen molar-refractivity contribution in [2.75, 3.05) is 6.61 Å². The van der Waals surface area contributed by atoms with E-state index in [1.807, 2.05) is 0 Å². The second kappa shape index (κ2) is 4.70. The highest BCUT2D eigenvalue weighted by Gasteiger charge is 2.04. The molecule has 2 nitrogen and oxygen atoms in total. The molecule has 4 heteroatoms. The van der Waals surface area contributed by atoms with Gasteiger partial charge in [0.25, 0.3) is 0 Å². The molecule has 0 amide bonds. The molecule has 0 saturated carbocycles. The Hall–Kier alpha value is -0.440. The molecule has 1 rings (SSSR count). The summed E-state index contributed by atoms with van der Waals surface area (Å²) in [7, 11) is 0. The number of halogens is 2. The number of aliphatic hydroxyl groups excluding tert-OH is 1. The van der Waals surface area contributed by atoms with E-state index in [0.717, 1.165) is 0 Å². The van der Waals surface area contributed by atoms with Gasteiger partial charge in [-0.2, -0.15) is 0 Å². The highest BCUT2D eigenvalue weighted by atomic mass is 35.5. The van der Waals surface area contributed by atoms with Gasteiger partial charge in [-0.05, 0) is 19.1 Å². The monoisotopic (exact) mass is 220 g/mol. The van der Waals surface area contributed by atoms with Gasteiger partial charge in [-0.3, -0.25) is 0 Å². The van der Waals surface area contributed by atoms with Gasteiger partial charge in [0, 0.05) is 6.07 Å². The Bertz CT molecular complexity index is 289. The fraction of sp³-hybridized carbons (Fsp3) is 0.333. The number of hydrogen-bond donors (Lipinski definition) is 1. The first kappa shape index (κ1) is 10.6. The molecule has 1 aromatic carbocycles. The van der Waals surface area contributed by atoms with E-state index in [9.17, 15) is 0 Å². The Labute approximate surface area is 87.0 Å². The molecule has 0 radical (unpaired) electrons. The Morgan fingerprint density at radius 3 is 2.62 bits per heavy atom. The summed E-state index contributed by atoms with van der Waals surface area (Å²) in [5.74, 6) is 0.607. The van der Waals surface area contributed by atoms with Crippen molar-refractivity contribution in [1.29, 1.82) is 0 Å². The van der Waals surface area contributed by atoms with Crippen molar-refractivity contribution in [3.63, 3.8) is 0 Å². The van der Waals surface area contributed by atoms with Crippen LogP contribution >= 0.6 is 23.2 Å². The van der Waals surface area contributed by atoms with Gasteiger partial charge in [0.2, 0.25) is 0 Å². The minimum atomic E-state index is -0.239. The summed E-state index contributed by atoms with van der Waals surface area (Å²) < 4.78 is 5.31. The average Bonchev–Trinajstić information content (AvgIpc) is 2.11. The molecule has 13 heavy (non-hydrogen) atoms. The van der Waals surface area contributed by atoms with Crippen molar-refractivity contribution in [3.8, 4) is 5.75 Å². The second-order valence-electron chi connectivity index (χ2n) is 2.69. The molecule has 0 aromatic heterocycles. The number of rotatable bonds is 3. The van der Waals surface area contributed by atoms with Crippen LogP contribution in [0.3, 0.4) is 0 Å². The van der Waals surface area contributed by atoms with Crippen LogP contribution in [0, 0.1) is 0 Å². The Balaban J connectivity index is 2.73. The third kappa shape index (κ3) is 3.07. The van der Waals surface area contributed by atoms with Gasteiger partial charge < -0.3 is 9.84 Å². The third-order valence-electron chi connectivity index (χ3n) is 1.49. The van der Waals surface area contributed by atoms with Crippen molar-refractivity contribution >= 4 is 23.2 Å². The zero-order chi connectivity index (χ0) is 9.84. The number of hydrogen-bond acceptors (Lipinski definition) is 2. The van der Waals surface area contributed by atoms with E-state index in [1.54, 1.807) is 25.1 Å². The molecule has 72 valence electrons. The maximum Gasteiger partial charge on any atom is 0.121 e. The molecule has 0 bridgehead atoms. The summed E-state index contributed by atoms with van der Waals surface area (Å²) in [6.45, 7) is 1.74. The highest BCUT2D eigenvalue weighted by molar-refractivity contribution is 6.42. The van der Waals surface area contributed by atoms with Crippen molar-refractivity contribution in [2.24, 2.45) is 0 Å². The number of ether oxygens (including phenoxy) is 1. The normalized spacial score (nSPS) is 12.6. The van der Waals surface area contributed by atoms with E-state index in [2.05, 4.69) is 0 Å². The van der Waals surface area contributed by atoms with Gasteiger partial charge in [-0.15, -0.1) is 0 Å². The lowest BCUT2D eigenvalue weighted by molar-refractivity contribution is 0.130. The SMILES string of the molecule is CC(CO)Oc1ccc(Cl)c(Cl)c1. The van der Waals surface area contributed by atoms with Crippen molar-refractivity contribution in [3.05, 3.63) is 28.2 Å². The van der Waals surface area contributed by atoms with E-state index in [-0.39, 0.29) is 12.7 Å². The van der Waals surface area contributed by atoms with E-state index in [4.69, 9.17) is 33.0 Å². The first-order valence-electron chi connectivity index (χ1n) is 3.86. The zero-order valence-electron chi connectivity index (χ0n) is 7.13. The lowest BCUT2D eigenvalue weighted by atomic mass is 10.3. The van der Waals surface area contributed by atoms with Gasteiger partial charge in [0.1, 0.15) is 11.9 Å². The summed E-state index contributed by atoms with van der Waals surface area (Å²) in [6.07, 6.45) is -0.239. The Kier molecular flexibility index (Phi) is 3.85. The molecule has 0 heterocycles. The highest BCUT2D eigenvalue weighted by Crippen LogP contribution is 2.26. The van der Waals surface area contributed by atoms with Crippen molar-refractivity contribution in [1.82, 2.24) is 0 Å². The topological polar surface area (TPSA) is 29.5 Å². The minimum Gasteiger partial charge on any atom is -0.488 e. The second-order valence-corrected chi connectivity index (χ2v) is 3.50. The maximum absolute atomic E-state index is 8.74. The van der Waals surface area contributed by atoms with Gasteiger partial charge in [0.15, 0.2) is 0 Å². The average molecular weight is 221 g/mol. The molecule has 0 saturated heterocycles. The number of benzene rings is 1. The van der Waals surface area contributed by atoms with E-state index >= 15 is 0 Å². The molecule has 0 aliphatic carbocycles. The molecule has 0 spiro atoms. The molecular formula is C9H10Cl2O2. The lowest BCUT2D eigenvalue weighted by Crippen LogP contribution is -2.16. The first-order valence-corrected chi connectivity index (χ1v) is 4.61. The summed E-state index contributed by atoms with van der Waals surface area (Å²) in [6, 6.07) is 4.99. The fourth-order valence-electron chi connectivity index (χ4n) is 0.820. The van der Waals surface area contributed by atoms with Crippen LogP contribution in [0.4, 0.5) is 0 Å². The maximum atomic E-state index is 8.74. The van der Waals surface area contributed by atoms with Crippen molar-refractivity contribution in [2.45, 2.75) is 13.0 Å². The minimum absolute atomic E-state index is 0.0275. The summed E-state index contributed by atoms with van der Waals surface area (Å²) >= 11 is 11.5. The smallest absolute Gasteiger partial charge is 0.121 e. The van der Waals surface area contributed by atoms with Gasteiger partial charge in [-0.25, -0.2) is 0 Å². The van der Waals surface area contributed by atoms with E-state index in [1.165, 1.54) is 0 Å². The van der Waals surface area contributed by atoms with Crippen LogP contribution in [0.1, 0.15) is 6.92 Å². The summed E-state index contributed by atoms with van der Waals surface area (Å²) in [5, 5.41) is 9.68. The van der Waals surface area contributed by atoms with Crippen LogP contribution in [-0.2, 0) is 0 Å². The van der Waals surface area contributed by atoms with Gasteiger partial charge >= 0.3 is 0 Å². The summed E-state index contributed by atoms with van der Waals surface area (Å²) in [4.78, 5) is 0. The molecule has 1 N–H and O–H groups in total. The molecule has 1 aromatic rings. The Morgan fingerprint density at radius 1 is 1.38 bits per heavy atom. The molecule has 0 fully saturated rings. The van der Waals surface area contributed by atoms with Crippen LogP contribution in [0.2, 0.25) is 10.0 Å². The molecule has 0 aliphatic rings. The largest absolute Gasteiger partial charge is 0.488 e. The first-order chi connectivity index (χ1) is 6.13. The van der Waals surface area contributed by atoms with E-state index < -0.39 is 0 Å². The molecule has 1 atom stereocenters. The van der Waals surface area contributed by atoms with Crippen LogP contribution in [0.25, 0.3) is 0 Å². The zero-order valence-corrected chi connectivity index (χ0v) is 8.64. The van der Waals surface area contributed by atoms with Crippen molar-refractivity contribution < 1.29 is 9.84 Å².